The van der Waals surface area contributed by atoms with E-state index in [0.717, 1.165) is 19.3 Å². The van der Waals surface area contributed by atoms with Crippen molar-refractivity contribution in [3.05, 3.63) is 35.9 Å². The summed E-state index contributed by atoms with van der Waals surface area (Å²) in [6, 6.07) is 10.7. The van der Waals surface area contributed by atoms with Gasteiger partial charge in [-0.1, -0.05) is 36.8 Å². The highest BCUT2D eigenvalue weighted by Crippen LogP contribution is 2.47. The summed E-state index contributed by atoms with van der Waals surface area (Å²) in [6.07, 6.45) is 4.44. The van der Waals surface area contributed by atoms with Gasteiger partial charge in [-0.05, 0) is 43.2 Å². The molecular formula is C16H22N2O. The molecule has 0 aromatic heterocycles. The maximum Gasteiger partial charge on any atom is 0.223 e. The van der Waals surface area contributed by atoms with E-state index in [1.54, 1.807) is 0 Å². The second-order valence-electron chi connectivity index (χ2n) is 5.90. The first-order valence-electron chi connectivity index (χ1n) is 7.35. The van der Waals surface area contributed by atoms with Gasteiger partial charge in [0.15, 0.2) is 0 Å². The van der Waals surface area contributed by atoms with Crippen LogP contribution >= 0.6 is 0 Å². The lowest BCUT2D eigenvalue weighted by Gasteiger charge is -2.19. The van der Waals surface area contributed by atoms with E-state index in [-0.39, 0.29) is 11.8 Å². The van der Waals surface area contributed by atoms with Gasteiger partial charge in [-0.2, -0.15) is 0 Å². The Kier molecular flexibility index (Phi) is 3.56. The minimum Gasteiger partial charge on any atom is -0.353 e. The molecule has 3 heteroatoms. The van der Waals surface area contributed by atoms with Crippen LogP contribution in [0, 0.1) is 11.8 Å². The smallest absolute Gasteiger partial charge is 0.223 e. The molecule has 3 rings (SSSR count). The largest absolute Gasteiger partial charge is 0.353 e. The Labute approximate surface area is 114 Å². The van der Waals surface area contributed by atoms with Crippen LogP contribution in [0.25, 0.3) is 0 Å². The zero-order chi connectivity index (χ0) is 13.2. The van der Waals surface area contributed by atoms with Crippen molar-refractivity contribution in [3.63, 3.8) is 0 Å². The first kappa shape index (κ1) is 12.7. The van der Waals surface area contributed by atoms with Gasteiger partial charge in [0, 0.05) is 12.0 Å². The standard InChI is InChI=1S/C16H22N2O/c17-10-12-7-4-8-15(12)18-16(19)14-9-13(14)11-5-2-1-3-6-11/h1-3,5-6,12-15H,4,7-10,17H2,(H,18,19). The van der Waals surface area contributed by atoms with Gasteiger partial charge >= 0.3 is 0 Å². The number of benzene rings is 1. The molecular weight excluding hydrogens is 236 g/mol. The van der Waals surface area contributed by atoms with Gasteiger partial charge in [-0.3, -0.25) is 4.79 Å². The molecule has 1 aromatic carbocycles. The van der Waals surface area contributed by atoms with Gasteiger partial charge in [0.2, 0.25) is 5.91 Å². The zero-order valence-electron chi connectivity index (χ0n) is 11.2. The Morgan fingerprint density at radius 3 is 2.79 bits per heavy atom. The normalized spacial score (nSPS) is 33.1. The van der Waals surface area contributed by atoms with Crippen LogP contribution in [0.3, 0.4) is 0 Å². The summed E-state index contributed by atoms with van der Waals surface area (Å²) < 4.78 is 0. The highest BCUT2D eigenvalue weighted by atomic mass is 16.2. The molecule has 0 aliphatic heterocycles. The second kappa shape index (κ2) is 5.33. The van der Waals surface area contributed by atoms with E-state index in [9.17, 15) is 4.79 Å². The van der Waals surface area contributed by atoms with E-state index in [2.05, 4.69) is 17.4 Å². The molecule has 0 heterocycles. The molecule has 4 atom stereocenters. The van der Waals surface area contributed by atoms with Gasteiger partial charge in [0.1, 0.15) is 0 Å². The number of amides is 1. The zero-order valence-corrected chi connectivity index (χ0v) is 11.2. The van der Waals surface area contributed by atoms with Crippen LogP contribution in [0.15, 0.2) is 30.3 Å². The average molecular weight is 258 g/mol. The van der Waals surface area contributed by atoms with Crippen molar-refractivity contribution in [3.8, 4) is 0 Å². The number of nitrogens with one attached hydrogen (secondary N) is 1. The van der Waals surface area contributed by atoms with E-state index in [0.29, 0.717) is 24.4 Å². The topological polar surface area (TPSA) is 55.1 Å². The Bertz CT molecular complexity index is 445. The molecule has 1 amide bonds. The molecule has 2 saturated carbocycles. The van der Waals surface area contributed by atoms with Crippen molar-refractivity contribution in [2.45, 2.75) is 37.6 Å². The maximum absolute atomic E-state index is 12.3. The summed E-state index contributed by atoms with van der Waals surface area (Å²) >= 11 is 0. The number of carbonyl (C=O) groups is 1. The van der Waals surface area contributed by atoms with E-state index < -0.39 is 0 Å². The Morgan fingerprint density at radius 1 is 1.26 bits per heavy atom. The summed E-state index contributed by atoms with van der Waals surface area (Å²) in [5.74, 6) is 1.33. The number of rotatable bonds is 4. The first-order valence-corrected chi connectivity index (χ1v) is 7.35. The fourth-order valence-electron chi connectivity index (χ4n) is 3.35. The molecule has 0 saturated heterocycles. The van der Waals surface area contributed by atoms with Crippen molar-refractivity contribution < 1.29 is 4.79 Å². The molecule has 0 spiro atoms. The van der Waals surface area contributed by atoms with Gasteiger partial charge in [-0.25, -0.2) is 0 Å². The lowest BCUT2D eigenvalue weighted by Crippen LogP contribution is -2.40. The van der Waals surface area contributed by atoms with E-state index in [4.69, 9.17) is 5.73 Å². The first-order chi connectivity index (χ1) is 9.29. The van der Waals surface area contributed by atoms with Crippen molar-refractivity contribution >= 4 is 5.91 Å². The molecule has 2 aliphatic carbocycles. The third-order valence-electron chi connectivity index (χ3n) is 4.64. The fourth-order valence-corrected chi connectivity index (χ4v) is 3.35. The fraction of sp³-hybridized carbons (Fsp3) is 0.562. The molecule has 3 nitrogen and oxygen atoms in total. The maximum atomic E-state index is 12.3. The summed E-state index contributed by atoms with van der Waals surface area (Å²) in [7, 11) is 0. The van der Waals surface area contributed by atoms with Crippen LogP contribution in [0.1, 0.15) is 37.2 Å². The predicted octanol–water partition coefficient (Wildman–Crippen LogP) is 2.03. The minimum atomic E-state index is 0.182. The quantitative estimate of drug-likeness (QED) is 0.868. The summed E-state index contributed by atoms with van der Waals surface area (Å²) in [6.45, 7) is 0.692. The van der Waals surface area contributed by atoms with Crippen molar-refractivity contribution in [2.24, 2.45) is 17.6 Å². The number of hydrogen-bond acceptors (Lipinski definition) is 2. The van der Waals surface area contributed by atoms with Gasteiger partial charge in [-0.15, -0.1) is 0 Å². The molecule has 19 heavy (non-hydrogen) atoms. The predicted molar refractivity (Wildman–Crippen MR) is 75.6 cm³/mol. The number of carbonyl (C=O) groups excluding carboxylic acids is 1. The van der Waals surface area contributed by atoms with Crippen molar-refractivity contribution in [1.82, 2.24) is 5.32 Å². The van der Waals surface area contributed by atoms with Crippen LogP contribution in [0.5, 0.6) is 0 Å². The number of nitrogens with two attached hydrogens (primary N) is 1. The minimum absolute atomic E-state index is 0.182. The highest BCUT2D eigenvalue weighted by Gasteiger charge is 2.44. The Hall–Kier alpha value is -1.35. The number of hydrogen-bond donors (Lipinski definition) is 2. The lowest BCUT2D eigenvalue weighted by molar-refractivity contribution is -0.123. The van der Waals surface area contributed by atoms with Crippen LogP contribution < -0.4 is 11.1 Å². The Morgan fingerprint density at radius 2 is 2.05 bits per heavy atom. The van der Waals surface area contributed by atoms with Gasteiger partial charge < -0.3 is 11.1 Å². The molecule has 1 aromatic rings. The molecule has 2 aliphatic rings. The Balaban J connectivity index is 1.55. The third-order valence-corrected chi connectivity index (χ3v) is 4.64. The SMILES string of the molecule is NCC1CCCC1NC(=O)C1CC1c1ccccc1. The second-order valence-corrected chi connectivity index (χ2v) is 5.90. The van der Waals surface area contributed by atoms with Crippen LogP contribution in [0.2, 0.25) is 0 Å². The summed E-state index contributed by atoms with van der Waals surface area (Å²) in [5, 5.41) is 3.22. The molecule has 2 fully saturated rings. The summed E-state index contributed by atoms with van der Waals surface area (Å²) in [5.41, 5.74) is 7.05. The van der Waals surface area contributed by atoms with E-state index in [1.807, 2.05) is 18.2 Å². The summed E-state index contributed by atoms with van der Waals surface area (Å²) in [4.78, 5) is 12.3. The molecule has 4 unspecified atom stereocenters. The van der Waals surface area contributed by atoms with Gasteiger partial charge in [0.25, 0.3) is 0 Å². The van der Waals surface area contributed by atoms with Crippen LogP contribution in [0.4, 0.5) is 0 Å². The van der Waals surface area contributed by atoms with Crippen molar-refractivity contribution in [2.75, 3.05) is 6.54 Å². The molecule has 0 bridgehead atoms. The highest BCUT2D eigenvalue weighted by molar-refractivity contribution is 5.83. The average Bonchev–Trinajstić information content (AvgIpc) is 3.14. The third kappa shape index (κ3) is 2.66. The molecule has 102 valence electrons. The van der Waals surface area contributed by atoms with Crippen LogP contribution in [-0.2, 0) is 4.79 Å². The lowest BCUT2D eigenvalue weighted by atomic mass is 10.0. The van der Waals surface area contributed by atoms with Gasteiger partial charge in [0.05, 0.1) is 0 Å². The van der Waals surface area contributed by atoms with Crippen LogP contribution in [-0.4, -0.2) is 18.5 Å². The van der Waals surface area contributed by atoms with E-state index in [1.165, 1.54) is 12.0 Å². The van der Waals surface area contributed by atoms with Crippen molar-refractivity contribution in [1.29, 1.82) is 0 Å². The van der Waals surface area contributed by atoms with E-state index >= 15 is 0 Å². The molecule has 3 N–H and O–H groups in total. The molecule has 0 radical (unpaired) electrons. The monoisotopic (exact) mass is 258 g/mol.